The van der Waals surface area contributed by atoms with E-state index in [9.17, 15) is 18.4 Å². The van der Waals surface area contributed by atoms with Crippen LogP contribution in [0.15, 0.2) is 83.8 Å². The molecule has 0 radical (unpaired) electrons. The summed E-state index contributed by atoms with van der Waals surface area (Å²) in [5.41, 5.74) is 0.556. The maximum absolute atomic E-state index is 13.8. The number of nitrogens with one attached hydrogen (secondary N) is 1. The van der Waals surface area contributed by atoms with E-state index < -0.39 is 17.5 Å². The minimum atomic E-state index is -0.746. The minimum Gasteiger partial charge on any atom is -0.319 e. The molecule has 3 aromatic carbocycles. The highest BCUT2D eigenvalue weighted by atomic mass is 19.1. The van der Waals surface area contributed by atoms with E-state index in [4.69, 9.17) is 0 Å². The molecule has 4 nitrogen and oxygen atoms in total. The molecule has 29 heavy (non-hydrogen) atoms. The smallest absolute Gasteiger partial charge is 0.257 e. The standard InChI is InChI=1S/C23H16F2N2O2/c24-18-9-10-20(25)21(12-18)26-23(29)17-8-11-22(28)27(14-17)13-16-6-3-5-15-4-1-2-7-19(15)16/h1-12,14H,13H2,(H,26,29). The summed E-state index contributed by atoms with van der Waals surface area (Å²) in [6, 6.07) is 19.1. The zero-order valence-electron chi connectivity index (χ0n) is 15.2. The van der Waals surface area contributed by atoms with E-state index in [1.165, 1.54) is 22.9 Å². The fourth-order valence-electron chi connectivity index (χ4n) is 3.19. The highest BCUT2D eigenvalue weighted by Crippen LogP contribution is 2.20. The van der Waals surface area contributed by atoms with Crippen molar-refractivity contribution >= 4 is 22.4 Å². The van der Waals surface area contributed by atoms with Crippen molar-refractivity contribution < 1.29 is 13.6 Å². The third-order valence-corrected chi connectivity index (χ3v) is 4.64. The summed E-state index contributed by atoms with van der Waals surface area (Å²) in [6.07, 6.45) is 1.41. The Balaban J connectivity index is 1.64. The van der Waals surface area contributed by atoms with Crippen LogP contribution in [0.4, 0.5) is 14.5 Å². The Bertz CT molecular complexity index is 1280. The van der Waals surface area contributed by atoms with Gasteiger partial charge < -0.3 is 9.88 Å². The number of benzene rings is 3. The number of carbonyl (C=O) groups is 1. The maximum atomic E-state index is 13.8. The fraction of sp³-hybridized carbons (Fsp3) is 0.0435. The molecule has 1 heterocycles. The summed E-state index contributed by atoms with van der Waals surface area (Å²) in [4.78, 5) is 24.8. The summed E-state index contributed by atoms with van der Waals surface area (Å²) in [6.45, 7) is 0.273. The van der Waals surface area contributed by atoms with Crippen LogP contribution in [0.2, 0.25) is 0 Å². The Morgan fingerprint density at radius 3 is 2.59 bits per heavy atom. The SMILES string of the molecule is O=C(Nc1cc(F)ccc1F)c1ccc(=O)n(Cc2cccc3ccccc23)c1. The molecule has 1 N–H and O–H groups in total. The zero-order valence-corrected chi connectivity index (χ0v) is 15.2. The van der Waals surface area contributed by atoms with E-state index in [-0.39, 0.29) is 23.4 Å². The van der Waals surface area contributed by atoms with Crippen LogP contribution in [0.5, 0.6) is 0 Å². The van der Waals surface area contributed by atoms with Crippen molar-refractivity contribution in [2.24, 2.45) is 0 Å². The van der Waals surface area contributed by atoms with Crippen LogP contribution in [-0.4, -0.2) is 10.5 Å². The molecular weight excluding hydrogens is 374 g/mol. The molecule has 4 rings (SSSR count). The zero-order chi connectivity index (χ0) is 20.4. The summed E-state index contributed by atoms with van der Waals surface area (Å²) in [5, 5.41) is 4.40. The molecule has 1 aromatic heterocycles. The predicted octanol–water partition coefficient (Wildman–Crippen LogP) is 4.58. The Kier molecular flexibility index (Phi) is 4.91. The summed E-state index contributed by atoms with van der Waals surface area (Å²) < 4.78 is 28.5. The molecule has 0 bridgehead atoms. The lowest BCUT2D eigenvalue weighted by atomic mass is 10.0. The van der Waals surface area contributed by atoms with Crippen LogP contribution >= 0.6 is 0 Å². The normalized spacial score (nSPS) is 10.8. The molecule has 0 unspecified atom stereocenters. The van der Waals surface area contributed by atoms with Gasteiger partial charge in [0.15, 0.2) is 0 Å². The van der Waals surface area contributed by atoms with Gasteiger partial charge in [0.05, 0.1) is 17.8 Å². The summed E-state index contributed by atoms with van der Waals surface area (Å²) >= 11 is 0. The average Bonchev–Trinajstić information content (AvgIpc) is 2.72. The minimum absolute atomic E-state index is 0.161. The van der Waals surface area contributed by atoms with Crippen LogP contribution in [0.3, 0.4) is 0 Å². The lowest BCUT2D eigenvalue weighted by Gasteiger charge is -2.11. The first-order valence-electron chi connectivity index (χ1n) is 8.95. The number of halogens is 2. The number of rotatable bonds is 4. The number of amides is 1. The van der Waals surface area contributed by atoms with Gasteiger partial charge in [-0.25, -0.2) is 8.78 Å². The van der Waals surface area contributed by atoms with E-state index in [2.05, 4.69) is 5.32 Å². The maximum Gasteiger partial charge on any atom is 0.257 e. The first-order chi connectivity index (χ1) is 14.0. The molecule has 6 heteroatoms. The fourth-order valence-corrected chi connectivity index (χ4v) is 3.19. The molecule has 0 aliphatic carbocycles. The van der Waals surface area contributed by atoms with Crippen molar-refractivity contribution in [3.63, 3.8) is 0 Å². The largest absolute Gasteiger partial charge is 0.319 e. The van der Waals surface area contributed by atoms with Gasteiger partial charge in [0.2, 0.25) is 0 Å². The number of hydrogen-bond donors (Lipinski definition) is 1. The third kappa shape index (κ3) is 3.91. The van der Waals surface area contributed by atoms with Gasteiger partial charge in [-0.1, -0.05) is 42.5 Å². The van der Waals surface area contributed by atoms with Crippen LogP contribution in [0.25, 0.3) is 10.8 Å². The van der Waals surface area contributed by atoms with Crippen LogP contribution in [0.1, 0.15) is 15.9 Å². The molecule has 0 saturated carbocycles. The molecular formula is C23H16F2N2O2. The Morgan fingerprint density at radius 1 is 0.931 bits per heavy atom. The van der Waals surface area contributed by atoms with Crippen molar-refractivity contribution in [1.82, 2.24) is 4.57 Å². The topological polar surface area (TPSA) is 51.1 Å². The number of carbonyl (C=O) groups excluding carboxylic acids is 1. The molecule has 0 aliphatic rings. The van der Waals surface area contributed by atoms with Gasteiger partial charge in [0.1, 0.15) is 11.6 Å². The van der Waals surface area contributed by atoms with Crippen LogP contribution in [-0.2, 0) is 6.54 Å². The van der Waals surface area contributed by atoms with Gasteiger partial charge in [-0.05, 0) is 34.5 Å². The van der Waals surface area contributed by atoms with Crippen LogP contribution < -0.4 is 10.9 Å². The highest BCUT2D eigenvalue weighted by molar-refractivity contribution is 6.04. The number of fused-ring (bicyclic) bond motifs is 1. The van der Waals surface area contributed by atoms with Gasteiger partial charge in [-0.15, -0.1) is 0 Å². The monoisotopic (exact) mass is 390 g/mol. The second kappa shape index (κ2) is 7.67. The van der Waals surface area contributed by atoms with Crippen LogP contribution in [0, 0.1) is 11.6 Å². The number of anilines is 1. The molecule has 4 aromatic rings. The van der Waals surface area contributed by atoms with Crippen molar-refractivity contribution in [1.29, 1.82) is 0 Å². The van der Waals surface area contributed by atoms with Crippen molar-refractivity contribution in [2.45, 2.75) is 6.54 Å². The van der Waals surface area contributed by atoms with E-state index in [1.54, 1.807) is 0 Å². The number of aromatic nitrogens is 1. The van der Waals surface area contributed by atoms with E-state index in [1.807, 2.05) is 42.5 Å². The van der Waals surface area contributed by atoms with Gasteiger partial charge >= 0.3 is 0 Å². The number of hydrogen-bond acceptors (Lipinski definition) is 2. The van der Waals surface area contributed by atoms with Gasteiger partial charge in [-0.3, -0.25) is 9.59 Å². The van der Waals surface area contributed by atoms with Gasteiger partial charge in [0.25, 0.3) is 11.5 Å². The molecule has 0 atom stereocenters. The molecule has 0 spiro atoms. The van der Waals surface area contributed by atoms with E-state index in [0.29, 0.717) is 0 Å². The quantitative estimate of drug-likeness (QED) is 0.555. The van der Waals surface area contributed by atoms with E-state index in [0.717, 1.165) is 34.5 Å². The summed E-state index contributed by atoms with van der Waals surface area (Å²) in [5.74, 6) is -2.05. The lowest BCUT2D eigenvalue weighted by molar-refractivity contribution is 0.102. The van der Waals surface area contributed by atoms with Crippen molar-refractivity contribution in [3.8, 4) is 0 Å². The number of nitrogens with zero attached hydrogens (tertiary/aromatic N) is 1. The lowest BCUT2D eigenvalue weighted by Crippen LogP contribution is -2.23. The van der Waals surface area contributed by atoms with Gasteiger partial charge in [0, 0.05) is 18.3 Å². The second-order valence-electron chi connectivity index (χ2n) is 6.60. The first kappa shape index (κ1) is 18.6. The van der Waals surface area contributed by atoms with Crippen molar-refractivity contribution in [2.75, 3.05) is 5.32 Å². The predicted molar refractivity (Wildman–Crippen MR) is 108 cm³/mol. The molecule has 0 aliphatic heterocycles. The first-order valence-corrected chi connectivity index (χ1v) is 8.95. The van der Waals surface area contributed by atoms with Gasteiger partial charge in [-0.2, -0.15) is 0 Å². The average molecular weight is 390 g/mol. The number of pyridine rings is 1. The Labute approximate surface area is 165 Å². The third-order valence-electron chi connectivity index (χ3n) is 4.64. The second-order valence-corrected chi connectivity index (χ2v) is 6.60. The molecule has 1 amide bonds. The Morgan fingerprint density at radius 2 is 1.72 bits per heavy atom. The molecule has 0 saturated heterocycles. The Hall–Kier alpha value is -3.80. The summed E-state index contributed by atoms with van der Waals surface area (Å²) in [7, 11) is 0. The molecule has 144 valence electrons. The van der Waals surface area contributed by atoms with Crippen molar-refractivity contribution in [3.05, 3.63) is 112 Å². The molecule has 0 fully saturated rings. The van der Waals surface area contributed by atoms with E-state index >= 15 is 0 Å². The highest BCUT2D eigenvalue weighted by Gasteiger charge is 2.12.